The molecule has 0 atom stereocenters. The molecule has 1 aromatic heterocycles. The summed E-state index contributed by atoms with van der Waals surface area (Å²) in [7, 11) is 2.13. The Bertz CT molecular complexity index is 481. The number of hydrogen-bond donors (Lipinski definition) is 0. The highest BCUT2D eigenvalue weighted by Gasteiger charge is 2.16. The molecule has 0 aliphatic carbocycles. The van der Waals surface area contributed by atoms with Crippen LogP contribution >= 0.6 is 0 Å². The summed E-state index contributed by atoms with van der Waals surface area (Å²) in [6.07, 6.45) is 0. The predicted octanol–water partition coefficient (Wildman–Crippen LogP) is 2.10. The first kappa shape index (κ1) is 9.25. The van der Waals surface area contributed by atoms with Crippen LogP contribution in [0.1, 0.15) is 18.3 Å². The molecule has 74 valence electrons. The summed E-state index contributed by atoms with van der Waals surface area (Å²) in [5.74, 6) is 1.31. The van der Waals surface area contributed by atoms with Crippen molar-refractivity contribution in [2.75, 3.05) is 0 Å². The van der Waals surface area contributed by atoms with E-state index in [0.717, 1.165) is 6.54 Å². The van der Waals surface area contributed by atoms with Crippen LogP contribution in [0.25, 0.3) is 11.0 Å². The molecular weight excluding hydrogens is 172 g/mol. The summed E-state index contributed by atoms with van der Waals surface area (Å²) in [6, 6.07) is 6.63. The van der Waals surface area contributed by atoms with E-state index in [-0.39, 0.29) is 0 Å². The molecule has 0 aliphatic heterocycles. The highest BCUT2D eigenvalue weighted by Crippen LogP contribution is 2.14. The van der Waals surface area contributed by atoms with Gasteiger partial charge in [-0.25, -0.2) is 9.13 Å². The Morgan fingerprint density at radius 2 is 2.00 bits per heavy atom. The quantitative estimate of drug-likeness (QED) is 0.607. The second-order valence-corrected chi connectivity index (χ2v) is 3.84. The van der Waals surface area contributed by atoms with Gasteiger partial charge in [0.25, 0.3) is 5.82 Å². The van der Waals surface area contributed by atoms with Crippen molar-refractivity contribution in [2.24, 2.45) is 7.05 Å². The molecule has 0 saturated heterocycles. The Balaban J connectivity index is 2.88. The molecule has 0 saturated carbocycles. The highest BCUT2D eigenvalue weighted by molar-refractivity contribution is 5.73. The fourth-order valence-electron chi connectivity index (χ4n) is 2.06. The first-order valence-corrected chi connectivity index (χ1v) is 5.10. The molecule has 0 aliphatic rings. The van der Waals surface area contributed by atoms with Crippen LogP contribution in [-0.2, 0) is 13.6 Å². The van der Waals surface area contributed by atoms with E-state index in [0.29, 0.717) is 0 Å². The van der Waals surface area contributed by atoms with Gasteiger partial charge in [-0.1, -0.05) is 6.07 Å². The van der Waals surface area contributed by atoms with Crippen molar-refractivity contribution >= 4 is 11.0 Å². The molecule has 2 heteroatoms. The number of hydrogen-bond acceptors (Lipinski definition) is 0. The van der Waals surface area contributed by atoms with Gasteiger partial charge in [0.15, 0.2) is 11.0 Å². The number of fused-ring (bicyclic) bond motifs is 1. The number of imidazole rings is 1. The minimum Gasteiger partial charge on any atom is -0.230 e. The lowest BCUT2D eigenvalue weighted by molar-refractivity contribution is -0.674. The third-order valence-electron chi connectivity index (χ3n) is 2.98. The van der Waals surface area contributed by atoms with Gasteiger partial charge in [0, 0.05) is 6.92 Å². The average Bonchev–Trinajstić information content (AvgIpc) is 2.41. The Labute approximate surface area is 84.8 Å². The van der Waals surface area contributed by atoms with Crippen LogP contribution < -0.4 is 4.57 Å². The number of nitrogens with zero attached hydrogens (tertiary/aromatic N) is 2. The van der Waals surface area contributed by atoms with E-state index in [1.54, 1.807) is 0 Å². The maximum absolute atomic E-state index is 2.34. The normalized spacial score (nSPS) is 11.1. The van der Waals surface area contributed by atoms with Crippen LogP contribution in [0.3, 0.4) is 0 Å². The van der Waals surface area contributed by atoms with Gasteiger partial charge >= 0.3 is 0 Å². The number of aryl methyl sites for hydroxylation is 3. The van der Waals surface area contributed by atoms with Crippen LogP contribution in [-0.4, -0.2) is 4.57 Å². The third kappa shape index (κ3) is 1.14. The number of rotatable bonds is 1. The molecule has 0 fully saturated rings. The van der Waals surface area contributed by atoms with Gasteiger partial charge in [-0.3, -0.25) is 0 Å². The summed E-state index contributed by atoms with van der Waals surface area (Å²) in [6.45, 7) is 7.52. The molecular formula is C12H17N2+. The molecule has 1 heterocycles. The molecule has 0 spiro atoms. The molecule has 0 N–H and O–H groups in total. The summed E-state index contributed by atoms with van der Waals surface area (Å²) >= 11 is 0. The minimum absolute atomic E-state index is 1.03. The van der Waals surface area contributed by atoms with Crippen LogP contribution in [0, 0.1) is 13.8 Å². The molecule has 14 heavy (non-hydrogen) atoms. The van der Waals surface area contributed by atoms with E-state index in [9.17, 15) is 0 Å². The van der Waals surface area contributed by atoms with Gasteiger partial charge in [0.2, 0.25) is 0 Å². The molecule has 0 bridgehead atoms. The fraction of sp³-hybridized carbons (Fsp3) is 0.417. The Kier molecular flexibility index (Phi) is 2.06. The van der Waals surface area contributed by atoms with Crippen LogP contribution in [0.4, 0.5) is 0 Å². The molecule has 2 nitrogen and oxygen atoms in total. The van der Waals surface area contributed by atoms with E-state index in [1.165, 1.54) is 22.4 Å². The first-order valence-electron chi connectivity index (χ1n) is 5.10. The molecule has 1 aromatic carbocycles. The zero-order valence-corrected chi connectivity index (χ0v) is 9.33. The number of benzene rings is 1. The summed E-state index contributed by atoms with van der Waals surface area (Å²) in [5.41, 5.74) is 3.98. The van der Waals surface area contributed by atoms with Gasteiger partial charge in [-0.05, 0) is 31.5 Å². The lowest BCUT2D eigenvalue weighted by Crippen LogP contribution is -2.34. The van der Waals surface area contributed by atoms with Crippen molar-refractivity contribution in [3.05, 3.63) is 29.6 Å². The standard InChI is InChI=1S/C12H17N2/c1-5-14-10(3)13(4)12-8-9(2)6-7-11(12)14/h6-8H,5H2,1-4H3/q+1. The largest absolute Gasteiger partial charge is 0.253 e. The van der Waals surface area contributed by atoms with Crippen LogP contribution in [0.5, 0.6) is 0 Å². The van der Waals surface area contributed by atoms with Gasteiger partial charge in [-0.15, -0.1) is 0 Å². The molecule has 0 radical (unpaired) electrons. The lowest BCUT2D eigenvalue weighted by atomic mass is 10.2. The smallest absolute Gasteiger partial charge is 0.230 e. The summed E-state index contributed by atoms with van der Waals surface area (Å²) < 4.78 is 4.60. The maximum Gasteiger partial charge on any atom is 0.253 e. The SMILES string of the molecule is CC[n+]1c(C)n(C)c2cc(C)ccc21. The van der Waals surface area contributed by atoms with E-state index in [4.69, 9.17) is 0 Å². The predicted molar refractivity (Wildman–Crippen MR) is 58.3 cm³/mol. The maximum atomic E-state index is 2.34. The average molecular weight is 189 g/mol. The Morgan fingerprint density at radius 3 is 2.64 bits per heavy atom. The third-order valence-corrected chi connectivity index (χ3v) is 2.98. The van der Waals surface area contributed by atoms with E-state index in [1.807, 2.05) is 0 Å². The second-order valence-electron chi connectivity index (χ2n) is 3.84. The fourth-order valence-corrected chi connectivity index (χ4v) is 2.06. The van der Waals surface area contributed by atoms with Crippen LogP contribution in [0.15, 0.2) is 18.2 Å². The van der Waals surface area contributed by atoms with Crippen molar-refractivity contribution in [1.82, 2.24) is 4.57 Å². The summed E-state index contributed by atoms with van der Waals surface area (Å²) in [5, 5.41) is 0. The minimum atomic E-state index is 1.03. The van der Waals surface area contributed by atoms with Gasteiger partial charge < -0.3 is 0 Å². The summed E-state index contributed by atoms with van der Waals surface area (Å²) in [4.78, 5) is 0. The Hall–Kier alpha value is -1.31. The molecule has 2 aromatic rings. The van der Waals surface area contributed by atoms with E-state index >= 15 is 0 Å². The number of aromatic nitrogens is 2. The highest BCUT2D eigenvalue weighted by atomic mass is 15.1. The lowest BCUT2D eigenvalue weighted by Gasteiger charge is -1.93. The Morgan fingerprint density at radius 1 is 1.29 bits per heavy atom. The van der Waals surface area contributed by atoms with Crippen molar-refractivity contribution < 1.29 is 4.57 Å². The van der Waals surface area contributed by atoms with Crippen molar-refractivity contribution in [3.63, 3.8) is 0 Å². The zero-order chi connectivity index (χ0) is 10.3. The molecule has 0 amide bonds. The van der Waals surface area contributed by atoms with Crippen molar-refractivity contribution in [2.45, 2.75) is 27.3 Å². The zero-order valence-electron chi connectivity index (χ0n) is 9.33. The van der Waals surface area contributed by atoms with Gasteiger partial charge in [0.1, 0.15) is 0 Å². The van der Waals surface area contributed by atoms with E-state index in [2.05, 4.69) is 55.2 Å². The second kappa shape index (κ2) is 3.12. The van der Waals surface area contributed by atoms with Crippen molar-refractivity contribution in [3.8, 4) is 0 Å². The van der Waals surface area contributed by atoms with Gasteiger partial charge in [-0.2, -0.15) is 0 Å². The van der Waals surface area contributed by atoms with Crippen molar-refractivity contribution in [1.29, 1.82) is 0 Å². The first-order chi connectivity index (χ1) is 6.65. The monoisotopic (exact) mass is 189 g/mol. The van der Waals surface area contributed by atoms with E-state index < -0.39 is 0 Å². The topological polar surface area (TPSA) is 8.81 Å². The van der Waals surface area contributed by atoms with Gasteiger partial charge in [0.05, 0.1) is 13.6 Å². The van der Waals surface area contributed by atoms with Crippen LogP contribution in [0.2, 0.25) is 0 Å². The molecule has 0 unspecified atom stereocenters. The molecule has 2 rings (SSSR count).